The molecule has 2 atom stereocenters. The fourth-order valence-corrected chi connectivity index (χ4v) is 3.18. The second-order valence-corrected chi connectivity index (χ2v) is 6.34. The summed E-state index contributed by atoms with van der Waals surface area (Å²) in [5, 5.41) is 0. The monoisotopic (exact) mass is 273 g/mol. The van der Waals surface area contributed by atoms with Crippen LogP contribution in [0.1, 0.15) is 22.7 Å². The zero-order valence-corrected chi connectivity index (χ0v) is 12.1. The van der Waals surface area contributed by atoms with Crippen LogP contribution >= 0.6 is 0 Å². The lowest BCUT2D eigenvalue weighted by molar-refractivity contribution is 0.675. The van der Waals surface area contributed by atoms with Crippen LogP contribution in [0.4, 0.5) is 0 Å². The molecule has 0 spiro atoms. The van der Waals surface area contributed by atoms with Crippen LogP contribution in [0.2, 0.25) is 0 Å². The van der Waals surface area contributed by atoms with E-state index in [1.54, 1.807) is 0 Å². The van der Waals surface area contributed by atoms with Crippen LogP contribution < -0.4 is 5.73 Å². The molecule has 2 N–H and O–H groups in total. The third kappa shape index (κ3) is 3.75. The van der Waals surface area contributed by atoms with Crippen molar-refractivity contribution in [1.29, 1.82) is 0 Å². The van der Waals surface area contributed by atoms with Crippen LogP contribution in [0, 0.1) is 13.8 Å². The topological polar surface area (TPSA) is 43.1 Å². The van der Waals surface area contributed by atoms with Crippen molar-refractivity contribution >= 4 is 10.8 Å². The zero-order valence-electron chi connectivity index (χ0n) is 11.3. The molecule has 2 unspecified atom stereocenters. The summed E-state index contributed by atoms with van der Waals surface area (Å²) < 4.78 is 12.3. The van der Waals surface area contributed by atoms with E-state index in [9.17, 15) is 4.21 Å². The molecule has 0 bridgehead atoms. The predicted octanol–water partition coefficient (Wildman–Crippen LogP) is 3.11. The summed E-state index contributed by atoms with van der Waals surface area (Å²) in [4.78, 5) is 0.850. The molecule has 0 fully saturated rings. The van der Waals surface area contributed by atoms with E-state index in [4.69, 9.17) is 5.73 Å². The molecule has 100 valence electrons. The molecule has 0 radical (unpaired) electrons. The highest BCUT2D eigenvalue weighted by atomic mass is 32.2. The number of nitrogens with two attached hydrogens (primary N) is 1. The molecule has 2 aromatic rings. The lowest BCUT2D eigenvalue weighted by atomic mass is 10.1. The van der Waals surface area contributed by atoms with Gasteiger partial charge < -0.3 is 5.73 Å². The molecular weight excluding hydrogens is 254 g/mol. The summed E-state index contributed by atoms with van der Waals surface area (Å²) in [7, 11) is -1.05. The summed E-state index contributed by atoms with van der Waals surface area (Å²) in [6.45, 7) is 4.04. The molecular formula is C16H19NOS. The summed E-state index contributed by atoms with van der Waals surface area (Å²) in [6, 6.07) is 15.7. The van der Waals surface area contributed by atoms with E-state index in [1.807, 2.05) is 62.4 Å². The Balaban J connectivity index is 2.08. The minimum Gasteiger partial charge on any atom is -0.323 e. The quantitative estimate of drug-likeness (QED) is 0.930. The molecule has 0 heterocycles. The van der Waals surface area contributed by atoms with Gasteiger partial charge in [-0.1, -0.05) is 42.0 Å². The minimum atomic E-state index is -1.05. The summed E-state index contributed by atoms with van der Waals surface area (Å²) >= 11 is 0. The van der Waals surface area contributed by atoms with Crippen LogP contribution in [0.5, 0.6) is 0 Å². The summed E-state index contributed by atoms with van der Waals surface area (Å²) in [5.74, 6) is 0.451. The normalized spacial score (nSPS) is 14.1. The third-order valence-electron chi connectivity index (χ3n) is 3.09. The SMILES string of the molecule is Cc1ccc(C(N)CS(=O)c2cccc(C)c2)cc1. The fraction of sp³-hybridized carbons (Fsp3) is 0.250. The van der Waals surface area contributed by atoms with Gasteiger partial charge in [0.2, 0.25) is 0 Å². The number of aryl methyl sites for hydroxylation is 2. The van der Waals surface area contributed by atoms with E-state index in [1.165, 1.54) is 5.56 Å². The number of rotatable bonds is 4. The van der Waals surface area contributed by atoms with Gasteiger partial charge in [0.15, 0.2) is 0 Å². The predicted molar refractivity (Wildman–Crippen MR) is 80.6 cm³/mol. The maximum Gasteiger partial charge on any atom is 0.0548 e. The Morgan fingerprint density at radius 2 is 1.74 bits per heavy atom. The first-order valence-corrected chi connectivity index (χ1v) is 7.65. The molecule has 0 aromatic heterocycles. The molecule has 0 saturated heterocycles. The highest BCUT2D eigenvalue weighted by molar-refractivity contribution is 7.85. The lowest BCUT2D eigenvalue weighted by Crippen LogP contribution is -2.18. The standard InChI is InChI=1S/C16H19NOS/c1-12-6-8-14(9-7-12)16(17)11-19(18)15-5-3-4-13(2)10-15/h3-10,16H,11,17H2,1-2H3. The van der Waals surface area contributed by atoms with Crippen molar-refractivity contribution in [3.63, 3.8) is 0 Å². The molecule has 2 aromatic carbocycles. The van der Waals surface area contributed by atoms with E-state index in [2.05, 4.69) is 0 Å². The maximum absolute atomic E-state index is 12.3. The van der Waals surface area contributed by atoms with Gasteiger partial charge in [0, 0.05) is 16.7 Å². The Morgan fingerprint density at radius 1 is 1.05 bits per heavy atom. The van der Waals surface area contributed by atoms with Crippen molar-refractivity contribution in [2.45, 2.75) is 24.8 Å². The zero-order chi connectivity index (χ0) is 13.8. The molecule has 0 aliphatic heterocycles. The van der Waals surface area contributed by atoms with Gasteiger partial charge in [-0.25, -0.2) is 0 Å². The van der Waals surface area contributed by atoms with Crippen LogP contribution in [-0.4, -0.2) is 9.96 Å². The molecule has 2 nitrogen and oxygen atoms in total. The van der Waals surface area contributed by atoms with E-state index >= 15 is 0 Å². The third-order valence-corrected chi connectivity index (χ3v) is 4.53. The largest absolute Gasteiger partial charge is 0.323 e. The van der Waals surface area contributed by atoms with Crippen molar-refractivity contribution in [2.24, 2.45) is 5.73 Å². The van der Waals surface area contributed by atoms with Crippen molar-refractivity contribution < 1.29 is 4.21 Å². The first-order valence-electron chi connectivity index (χ1n) is 6.33. The van der Waals surface area contributed by atoms with Crippen molar-refractivity contribution in [1.82, 2.24) is 0 Å². The van der Waals surface area contributed by atoms with E-state index in [0.29, 0.717) is 5.75 Å². The average Bonchev–Trinajstić information content (AvgIpc) is 2.39. The first kappa shape index (κ1) is 14.0. The second-order valence-electron chi connectivity index (χ2n) is 4.85. The Morgan fingerprint density at radius 3 is 2.37 bits per heavy atom. The van der Waals surface area contributed by atoms with Gasteiger partial charge in [-0.3, -0.25) is 4.21 Å². The molecule has 3 heteroatoms. The van der Waals surface area contributed by atoms with Gasteiger partial charge >= 0.3 is 0 Å². The molecule has 0 aliphatic rings. The Kier molecular flexibility index (Phi) is 4.51. The van der Waals surface area contributed by atoms with Gasteiger partial charge in [-0.05, 0) is 37.1 Å². The Bertz CT molecular complexity index is 578. The molecule has 2 rings (SSSR count). The average molecular weight is 273 g/mol. The second kappa shape index (κ2) is 6.13. The summed E-state index contributed by atoms with van der Waals surface area (Å²) in [5.41, 5.74) is 9.49. The molecule has 0 amide bonds. The smallest absolute Gasteiger partial charge is 0.0548 e. The van der Waals surface area contributed by atoms with Crippen LogP contribution in [0.15, 0.2) is 53.4 Å². The summed E-state index contributed by atoms with van der Waals surface area (Å²) in [6.07, 6.45) is 0. The van der Waals surface area contributed by atoms with Crippen LogP contribution in [-0.2, 0) is 10.8 Å². The number of hydrogen-bond donors (Lipinski definition) is 1. The van der Waals surface area contributed by atoms with E-state index in [0.717, 1.165) is 16.0 Å². The maximum atomic E-state index is 12.3. The minimum absolute atomic E-state index is 0.193. The van der Waals surface area contributed by atoms with Gasteiger partial charge in [0.1, 0.15) is 0 Å². The van der Waals surface area contributed by atoms with Crippen molar-refractivity contribution in [3.8, 4) is 0 Å². The van der Waals surface area contributed by atoms with Crippen LogP contribution in [0.25, 0.3) is 0 Å². The number of hydrogen-bond acceptors (Lipinski definition) is 2. The van der Waals surface area contributed by atoms with E-state index in [-0.39, 0.29) is 6.04 Å². The van der Waals surface area contributed by atoms with Gasteiger partial charge in [-0.2, -0.15) is 0 Å². The van der Waals surface area contributed by atoms with Gasteiger partial charge in [-0.15, -0.1) is 0 Å². The fourth-order valence-electron chi connectivity index (χ4n) is 1.93. The van der Waals surface area contributed by atoms with Crippen molar-refractivity contribution in [2.75, 3.05) is 5.75 Å². The number of benzene rings is 2. The highest BCUT2D eigenvalue weighted by Gasteiger charge is 2.12. The van der Waals surface area contributed by atoms with Crippen LogP contribution in [0.3, 0.4) is 0 Å². The highest BCUT2D eigenvalue weighted by Crippen LogP contribution is 2.16. The Hall–Kier alpha value is -1.45. The Labute approximate surface area is 117 Å². The molecule has 0 saturated carbocycles. The molecule has 19 heavy (non-hydrogen) atoms. The lowest BCUT2D eigenvalue weighted by Gasteiger charge is -2.12. The van der Waals surface area contributed by atoms with Gasteiger partial charge in [0.25, 0.3) is 0 Å². The molecule has 0 aliphatic carbocycles. The van der Waals surface area contributed by atoms with Gasteiger partial charge in [0.05, 0.1) is 10.8 Å². The van der Waals surface area contributed by atoms with Crippen molar-refractivity contribution in [3.05, 3.63) is 65.2 Å². The van der Waals surface area contributed by atoms with E-state index < -0.39 is 10.8 Å². The first-order chi connectivity index (χ1) is 9.06.